The minimum atomic E-state index is 0.464. The number of aryl methyl sites for hydroxylation is 2. The molecule has 3 rings (SSSR count). The van der Waals surface area contributed by atoms with Crippen molar-refractivity contribution in [2.24, 2.45) is 0 Å². The van der Waals surface area contributed by atoms with Crippen molar-refractivity contribution in [1.82, 2.24) is 24.4 Å². The standard InChI is InChI=1S/C20H32N6/c1-5-7-17-14-22-16(2)23-20(17)26-10-6-8-18(15-26)19-21-9-11-25(19)13-12-24(3)4/h9,11,14,18H,5-8,10,12-13,15H2,1-4H3. The molecule has 0 saturated carbocycles. The molecule has 3 heterocycles. The Kier molecular flexibility index (Phi) is 6.25. The number of hydrogen-bond acceptors (Lipinski definition) is 5. The monoisotopic (exact) mass is 356 g/mol. The zero-order chi connectivity index (χ0) is 18.5. The summed E-state index contributed by atoms with van der Waals surface area (Å²) in [6.07, 6.45) is 10.6. The topological polar surface area (TPSA) is 50.1 Å². The maximum atomic E-state index is 4.79. The van der Waals surface area contributed by atoms with Crippen LogP contribution < -0.4 is 4.90 Å². The van der Waals surface area contributed by atoms with E-state index in [-0.39, 0.29) is 0 Å². The lowest BCUT2D eigenvalue weighted by molar-refractivity contribution is 0.373. The van der Waals surface area contributed by atoms with Crippen molar-refractivity contribution in [2.45, 2.75) is 52.0 Å². The van der Waals surface area contributed by atoms with E-state index >= 15 is 0 Å². The Hall–Kier alpha value is -1.95. The van der Waals surface area contributed by atoms with E-state index in [1.165, 1.54) is 24.2 Å². The number of likely N-dealkylation sites (N-methyl/N-ethyl adjacent to an activating group) is 1. The van der Waals surface area contributed by atoms with Gasteiger partial charge in [0.1, 0.15) is 17.5 Å². The minimum Gasteiger partial charge on any atom is -0.356 e. The second kappa shape index (κ2) is 8.62. The molecule has 0 N–H and O–H groups in total. The summed E-state index contributed by atoms with van der Waals surface area (Å²) >= 11 is 0. The summed E-state index contributed by atoms with van der Waals surface area (Å²) in [5.74, 6) is 3.68. The van der Waals surface area contributed by atoms with Crippen LogP contribution >= 0.6 is 0 Å². The Labute approximate surface area is 157 Å². The first-order valence-electron chi connectivity index (χ1n) is 9.81. The van der Waals surface area contributed by atoms with Gasteiger partial charge in [-0.25, -0.2) is 15.0 Å². The van der Waals surface area contributed by atoms with Gasteiger partial charge >= 0.3 is 0 Å². The Morgan fingerprint density at radius 1 is 1.27 bits per heavy atom. The second-order valence-electron chi connectivity index (χ2n) is 7.58. The van der Waals surface area contributed by atoms with E-state index in [9.17, 15) is 0 Å². The molecule has 0 spiro atoms. The quantitative estimate of drug-likeness (QED) is 0.763. The molecule has 0 radical (unpaired) electrons. The molecule has 1 aliphatic heterocycles. The first kappa shape index (κ1) is 18.8. The Morgan fingerprint density at radius 3 is 2.88 bits per heavy atom. The molecule has 1 saturated heterocycles. The van der Waals surface area contributed by atoms with Crippen LogP contribution in [0.2, 0.25) is 0 Å². The highest BCUT2D eigenvalue weighted by Gasteiger charge is 2.26. The van der Waals surface area contributed by atoms with E-state index in [4.69, 9.17) is 9.97 Å². The molecule has 1 fully saturated rings. The van der Waals surface area contributed by atoms with Crippen LogP contribution in [0.25, 0.3) is 0 Å². The van der Waals surface area contributed by atoms with Gasteiger partial charge in [0, 0.05) is 56.3 Å². The lowest BCUT2D eigenvalue weighted by Gasteiger charge is -2.34. The van der Waals surface area contributed by atoms with E-state index in [1.807, 2.05) is 19.3 Å². The number of anilines is 1. The zero-order valence-electron chi connectivity index (χ0n) is 16.6. The molecule has 1 unspecified atom stereocenters. The zero-order valence-corrected chi connectivity index (χ0v) is 16.6. The summed E-state index contributed by atoms with van der Waals surface area (Å²) in [4.78, 5) is 18.6. The van der Waals surface area contributed by atoms with E-state index in [1.54, 1.807) is 0 Å². The maximum Gasteiger partial charge on any atom is 0.135 e. The molecule has 2 aromatic rings. The van der Waals surface area contributed by atoms with Gasteiger partial charge in [-0.2, -0.15) is 0 Å². The van der Waals surface area contributed by atoms with Gasteiger partial charge in [0.15, 0.2) is 0 Å². The highest BCUT2D eigenvalue weighted by Crippen LogP contribution is 2.30. The highest BCUT2D eigenvalue weighted by molar-refractivity contribution is 5.47. The maximum absolute atomic E-state index is 4.79. The summed E-state index contributed by atoms with van der Waals surface area (Å²) in [6.45, 7) is 8.28. The molecule has 6 heteroatoms. The van der Waals surface area contributed by atoms with Gasteiger partial charge in [-0.05, 0) is 40.3 Å². The average Bonchev–Trinajstić information content (AvgIpc) is 3.10. The number of aromatic nitrogens is 4. The van der Waals surface area contributed by atoms with Crippen LogP contribution in [0, 0.1) is 6.92 Å². The van der Waals surface area contributed by atoms with Gasteiger partial charge in [-0.1, -0.05) is 13.3 Å². The van der Waals surface area contributed by atoms with E-state index < -0.39 is 0 Å². The molecule has 1 atom stereocenters. The second-order valence-corrected chi connectivity index (χ2v) is 7.58. The van der Waals surface area contributed by atoms with Crippen molar-refractivity contribution in [2.75, 3.05) is 38.6 Å². The molecule has 0 aromatic carbocycles. The van der Waals surface area contributed by atoms with Crippen molar-refractivity contribution in [3.05, 3.63) is 35.8 Å². The van der Waals surface area contributed by atoms with Crippen molar-refractivity contribution in [1.29, 1.82) is 0 Å². The average molecular weight is 357 g/mol. The fourth-order valence-corrected chi connectivity index (χ4v) is 3.76. The van der Waals surface area contributed by atoms with Gasteiger partial charge < -0.3 is 14.4 Å². The first-order valence-corrected chi connectivity index (χ1v) is 9.81. The number of rotatable bonds is 7. The molecule has 26 heavy (non-hydrogen) atoms. The molecule has 2 aromatic heterocycles. The Morgan fingerprint density at radius 2 is 2.12 bits per heavy atom. The largest absolute Gasteiger partial charge is 0.356 e. The summed E-state index contributed by atoms with van der Waals surface area (Å²) < 4.78 is 2.33. The molecule has 0 aliphatic carbocycles. The van der Waals surface area contributed by atoms with E-state index in [0.717, 1.165) is 50.7 Å². The normalized spacial score (nSPS) is 17.9. The first-order chi connectivity index (χ1) is 12.6. The van der Waals surface area contributed by atoms with E-state index in [0.29, 0.717) is 5.92 Å². The number of piperidine rings is 1. The van der Waals surface area contributed by atoms with Crippen LogP contribution in [0.15, 0.2) is 18.6 Å². The number of hydrogen-bond donors (Lipinski definition) is 0. The van der Waals surface area contributed by atoms with E-state index in [2.05, 4.69) is 46.6 Å². The Balaban J connectivity index is 1.78. The third kappa shape index (κ3) is 4.41. The van der Waals surface area contributed by atoms with Crippen LogP contribution in [-0.4, -0.2) is 58.1 Å². The van der Waals surface area contributed by atoms with Crippen LogP contribution in [-0.2, 0) is 13.0 Å². The van der Waals surface area contributed by atoms with Gasteiger partial charge in [0.2, 0.25) is 0 Å². The number of nitrogens with zero attached hydrogens (tertiary/aromatic N) is 6. The predicted octanol–water partition coefficient (Wildman–Crippen LogP) is 2.88. The molecule has 1 aliphatic rings. The van der Waals surface area contributed by atoms with Crippen molar-refractivity contribution in [3.63, 3.8) is 0 Å². The molecular formula is C20H32N6. The van der Waals surface area contributed by atoms with Crippen LogP contribution in [0.1, 0.15) is 49.3 Å². The molecule has 0 amide bonds. The lowest BCUT2D eigenvalue weighted by Crippen LogP contribution is -2.37. The highest BCUT2D eigenvalue weighted by atomic mass is 15.2. The summed E-state index contributed by atoms with van der Waals surface area (Å²) in [5, 5.41) is 0. The molecule has 0 bridgehead atoms. The summed E-state index contributed by atoms with van der Waals surface area (Å²) in [6, 6.07) is 0. The van der Waals surface area contributed by atoms with Gasteiger partial charge in [0.25, 0.3) is 0 Å². The van der Waals surface area contributed by atoms with Crippen LogP contribution in [0.4, 0.5) is 5.82 Å². The number of imidazole rings is 1. The minimum absolute atomic E-state index is 0.464. The fourth-order valence-electron chi connectivity index (χ4n) is 3.76. The summed E-state index contributed by atoms with van der Waals surface area (Å²) in [7, 11) is 4.23. The Bertz CT molecular complexity index is 708. The third-order valence-electron chi connectivity index (χ3n) is 5.10. The lowest BCUT2D eigenvalue weighted by atomic mass is 9.96. The summed E-state index contributed by atoms with van der Waals surface area (Å²) in [5.41, 5.74) is 1.27. The smallest absolute Gasteiger partial charge is 0.135 e. The van der Waals surface area contributed by atoms with Crippen LogP contribution in [0.5, 0.6) is 0 Å². The van der Waals surface area contributed by atoms with Crippen LogP contribution in [0.3, 0.4) is 0 Å². The van der Waals surface area contributed by atoms with Crippen molar-refractivity contribution >= 4 is 5.82 Å². The van der Waals surface area contributed by atoms with Crippen molar-refractivity contribution < 1.29 is 0 Å². The molecule has 6 nitrogen and oxygen atoms in total. The molecule has 142 valence electrons. The van der Waals surface area contributed by atoms with Crippen molar-refractivity contribution in [3.8, 4) is 0 Å². The molecular weight excluding hydrogens is 324 g/mol. The predicted molar refractivity (Wildman–Crippen MR) is 106 cm³/mol. The SMILES string of the molecule is CCCc1cnc(C)nc1N1CCCC(c2nccn2CCN(C)C)C1. The van der Waals surface area contributed by atoms with Gasteiger partial charge in [-0.3, -0.25) is 0 Å². The fraction of sp³-hybridized carbons (Fsp3) is 0.650. The van der Waals surface area contributed by atoms with Gasteiger partial charge in [0.05, 0.1) is 0 Å². The third-order valence-corrected chi connectivity index (χ3v) is 5.10. The van der Waals surface area contributed by atoms with Gasteiger partial charge in [-0.15, -0.1) is 0 Å².